The van der Waals surface area contributed by atoms with Crippen molar-refractivity contribution in [2.75, 3.05) is 5.32 Å². The Labute approximate surface area is 102 Å². The Morgan fingerprint density at radius 3 is 2.78 bits per heavy atom. The third-order valence-electron chi connectivity index (χ3n) is 2.37. The predicted octanol–water partition coefficient (Wildman–Crippen LogP) is 1.93. The molecule has 0 aliphatic heterocycles. The molecule has 1 amide bonds. The molecule has 2 N–H and O–H groups in total. The van der Waals surface area contributed by atoms with Crippen LogP contribution in [0.3, 0.4) is 0 Å². The van der Waals surface area contributed by atoms with E-state index in [2.05, 4.69) is 10.3 Å². The molecule has 0 aliphatic rings. The molecule has 2 heterocycles. The highest BCUT2D eigenvalue weighted by molar-refractivity contribution is 6.06. The van der Waals surface area contributed by atoms with Crippen LogP contribution in [0.1, 0.15) is 26.5 Å². The van der Waals surface area contributed by atoms with Crippen LogP contribution in [0.2, 0.25) is 0 Å². The molecule has 0 atom stereocenters. The first-order valence-corrected chi connectivity index (χ1v) is 5.12. The lowest BCUT2D eigenvalue weighted by molar-refractivity contribution is 0.0698. The number of aromatic nitrogens is 1. The van der Waals surface area contributed by atoms with E-state index in [-0.39, 0.29) is 17.0 Å². The van der Waals surface area contributed by atoms with Crippen molar-refractivity contribution in [1.29, 1.82) is 0 Å². The molecule has 6 nitrogen and oxygen atoms in total. The first kappa shape index (κ1) is 11.8. The van der Waals surface area contributed by atoms with Gasteiger partial charge in [0.2, 0.25) is 0 Å². The van der Waals surface area contributed by atoms with Gasteiger partial charge in [-0.1, -0.05) is 0 Å². The molecule has 0 unspecified atom stereocenters. The van der Waals surface area contributed by atoms with Crippen molar-refractivity contribution < 1.29 is 19.1 Å². The zero-order valence-electron chi connectivity index (χ0n) is 9.51. The predicted molar refractivity (Wildman–Crippen MR) is 62.6 cm³/mol. The van der Waals surface area contributed by atoms with Crippen molar-refractivity contribution in [3.05, 3.63) is 47.7 Å². The highest BCUT2D eigenvalue weighted by atomic mass is 16.4. The number of furan rings is 1. The van der Waals surface area contributed by atoms with Gasteiger partial charge in [-0.05, 0) is 19.1 Å². The van der Waals surface area contributed by atoms with E-state index in [1.165, 1.54) is 24.7 Å². The van der Waals surface area contributed by atoms with E-state index < -0.39 is 11.9 Å². The van der Waals surface area contributed by atoms with Gasteiger partial charge in [-0.15, -0.1) is 0 Å². The van der Waals surface area contributed by atoms with Crippen LogP contribution in [0.15, 0.2) is 35.2 Å². The molecule has 18 heavy (non-hydrogen) atoms. The number of carbonyl (C=O) groups excluding carboxylic acids is 1. The number of hydrogen-bond donors (Lipinski definition) is 2. The number of nitrogens with one attached hydrogen (secondary N) is 1. The smallest absolute Gasteiger partial charge is 0.337 e. The van der Waals surface area contributed by atoms with Crippen LogP contribution in [0.4, 0.5) is 5.69 Å². The number of hydrogen-bond acceptors (Lipinski definition) is 4. The van der Waals surface area contributed by atoms with E-state index in [4.69, 9.17) is 9.52 Å². The van der Waals surface area contributed by atoms with Gasteiger partial charge in [-0.2, -0.15) is 0 Å². The average Bonchev–Trinajstić information content (AvgIpc) is 2.76. The molecular formula is C12H10N2O4. The third kappa shape index (κ3) is 2.22. The van der Waals surface area contributed by atoms with Crippen molar-refractivity contribution in [3.63, 3.8) is 0 Å². The highest BCUT2D eigenvalue weighted by Gasteiger charge is 2.16. The molecule has 0 fully saturated rings. The van der Waals surface area contributed by atoms with Crippen LogP contribution in [0.5, 0.6) is 0 Å². The quantitative estimate of drug-likeness (QED) is 0.863. The minimum Gasteiger partial charge on any atom is -0.478 e. The lowest BCUT2D eigenvalue weighted by atomic mass is 10.2. The van der Waals surface area contributed by atoms with Gasteiger partial charge in [0.15, 0.2) is 5.76 Å². The number of carboxylic acids is 1. The topological polar surface area (TPSA) is 92.4 Å². The summed E-state index contributed by atoms with van der Waals surface area (Å²) in [5.74, 6) is -1.49. The van der Waals surface area contributed by atoms with Gasteiger partial charge in [-0.3, -0.25) is 9.78 Å². The van der Waals surface area contributed by atoms with Gasteiger partial charge in [0.05, 0.1) is 23.7 Å². The number of aryl methyl sites for hydroxylation is 1. The van der Waals surface area contributed by atoms with E-state index in [9.17, 15) is 9.59 Å². The van der Waals surface area contributed by atoms with E-state index >= 15 is 0 Å². The summed E-state index contributed by atoms with van der Waals surface area (Å²) in [5.41, 5.74) is 0.779. The lowest BCUT2D eigenvalue weighted by Gasteiger charge is -2.06. The fourth-order valence-electron chi connectivity index (χ4n) is 1.46. The minimum atomic E-state index is -1.14. The molecule has 0 aliphatic carbocycles. The van der Waals surface area contributed by atoms with Gasteiger partial charge >= 0.3 is 5.97 Å². The summed E-state index contributed by atoms with van der Waals surface area (Å²) in [7, 11) is 0. The van der Waals surface area contributed by atoms with E-state index in [0.717, 1.165) is 0 Å². The lowest BCUT2D eigenvalue weighted by Crippen LogP contribution is -2.15. The standard InChI is InChI=1S/C12H10N2O4/c1-7-3-5-18-10(7)11(15)14-9-6-13-4-2-8(9)12(16)17/h2-6H,1H3,(H,14,15)(H,16,17). The molecule has 0 radical (unpaired) electrons. The maximum atomic E-state index is 11.8. The first-order valence-electron chi connectivity index (χ1n) is 5.12. The number of amides is 1. The second-order valence-electron chi connectivity index (χ2n) is 3.61. The van der Waals surface area contributed by atoms with E-state index in [1.807, 2.05) is 0 Å². The molecule has 0 bridgehead atoms. The number of aromatic carboxylic acids is 1. The second-order valence-corrected chi connectivity index (χ2v) is 3.61. The number of anilines is 1. The summed E-state index contributed by atoms with van der Waals surface area (Å²) in [6.07, 6.45) is 4.02. The molecule has 6 heteroatoms. The normalized spacial score (nSPS) is 10.1. The van der Waals surface area contributed by atoms with Gasteiger partial charge in [0.1, 0.15) is 0 Å². The maximum Gasteiger partial charge on any atom is 0.337 e. The van der Waals surface area contributed by atoms with Crippen molar-refractivity contribution in [2.24, 2.45) is 0 Å². The Morgan fingerprint density at radius 2 is 2.17 bits per heavy atom. The Morgan fingerprint density at radius 1 is 1.39 bits per heavy atom. The van der Waals surface area contributed by atoms with Crippen LogP contribution < -0.4 is 5.32 Å². The summed E-state index contributed by atoms with van der Waals surface area (Å²) >= 11 is 0. The average molecular weight is 246 g/mol. The molecule has 92 valence electrons. The summed E-state index contributed by atoms with van der Waals surface area (Å²) < 4.78 is 5.02. The fourth-order valence-corrected chi connectivity index (χ4v) is 1.46. The summed E-state index contributed by atoms with van der Waals surface area (Å²) in [6.45, 7) is 1.72. The van der Waals surface area contributed by atoms with Crippen LogP contribution in [0, 0.1) is 6.92 Å². The highest BCUT2D eigenvalue weighted by Crippen LogP contribution is 2.16. The van der Waals surface area contributed by atoms with Crippen molar-refractivity contribution in [3.8, 4) is 0 Å². The molecular weight excluding hydrogens is 236 g/mol. The summed E-state index contributed by atoms with van der Waals surface area (Å²) in [5, 5.41) is 11.4. The van der Waals surface area contributed by atoms with E-state index in [0.29, 0.717) is 5.56 Å². The van der Waals surface area contributed by atoms with Crippen LogP contribution in [-0.2, 0) is 0 Å². The van der Waals surface area contributed by atoms with Crippen LogP contribution >= 0.6 is 0 Å². The number of nitrogens with zero attached hydrogens (tertiary/aromatic N) is 1. The third-order valence-corrected chi connectivity index (χ3v) is 2.37. The Kier molecular flexibility index (Phi) is 3.09. The van der Waals surface area contributed by atoms with Crippen molar-refractivity contribution in [2.45, 2.75) is 6.92 Å². The Hall–Kier alpha value is -2.63. The SMILES string of the molecule is Cc1ccoc1C(=O)Nc1cnccc1C(=O)O. The van der Waals surface area contributed by atoms with Gasteiger partial charge < -0.3 is 14.8 Å². The molecule has 2 aromatic heterocycles. The van der Waals surface area contributed by atoms with Gasteiger partial charge in [0, 0.05) is 11.8 Å². The first-order chi connectivity index (χ1) is 8.59. The summed E-state index contributed by atoms with van der Waals surface area (Å²) in [6, 6.07) is 2.96. The molecule has 0 saturated heterocycles. The maximum absolute atomic E-state index is 11.8. The van der Waals surface area contributed by atoms with Crippen molar-refractivity contribution in [1.82, 2.24) is 4.98 Å². The molecule has 2 aromatic rings. The Bertz CT molecular complexity index is 604. The van der Waals surface area contributed by atoms with Gasteiger partial charge in [-0.25, -0.2) is 4.79 Å². The molecule has 0 saturated carbocycles. The molecule has 0 spiro atoms. The fraction of sp³-hybridized carbons (Fsp3) is 0.0833. The largest absolute Gasteiger partial charge is 0.478 e. The monoisotopic (exact) mass is 246 g/mol. The van der Waals surface area contributed by atoms with Crippen LogP contribution in [-0.4, -0.2) is 22.0 Å². The van der Waals surface area contributed by atoms with E-state index in [1.54, 1.807) is 13.0 Å². The van der Waals surface area contributed by atoms with Crippen LogP contribution in [0.25, 0.3) is 0 Å². The number of carboxylic acid groups (broad SMARTS) is 1. The second kappa shape index (κ2) is 4.70. The number of rotatable bonds is 3. The van der Waals surface area contributed by atoms with Crippen molar-refractivity contribution >= 4 is 17.6 Å². The number of pyridine rings is 1. The van der Waals surface area contributed by atoms with Gasteiger partial charge in [0.25, 0.3) is 5.91 Å². The summed E-state index contributed by atoms with van der Waals surface area (Å²) in [4.78, 5) is 26.6. The Balaban J connectivity index is 2.28. The molecule has 0 aromatic carbocycles. The zero-order chi connectivity index (χ0) is 13.1. The number of carbonyl (C=O) groups is 2. The minimum absolute atomic E-state index is 0.0254. The molecule has 2 rings (SSSR count). The zero-order valence-corrected chi connectivity index (χ0v) is 9.51.